The molecule has 0 bridgehead atoms. The second-order valence-corrected chi connectivity index (χ2v) is 5.86. The Balaban J connectivity index is 2.31. The van der Waals surface area contributed by atoms with E-state index in [-0.39, 0.29) is 5.41 Å². The zero-order chi connectivity index (χ0) is 10.6. The van der Waals surface area contributed by atoms with Crippen LogP contribution in [0.15, 0.2) is 0 Å². The normalized spacial score (nSPS) is 17.8. The molecule has 1 rings (SSSR count). The average molecular weight is 328 g/mol. The van der Waals surface area contributed by atoms with Gasteiger partial charge in [0, 0.05) is 22.7 Å². The molecule has 0 saturated heterocycles. The van der Waals surface area contributed by atoms with Crippen molar-refractivity contribution in [2.45, 2.75) is 26.7 Å². The SMILES string of the molecule is CC(C)C(CBr)(CBr)COCC1CC1. The highest BCUT2D eigenvalue weighted by Crippen LogP contribution is 2.34. The Bertz CT molecular complexity index is 163. The predicted molar refractivity (Wildman–Crippen MR) is 68.4 cm³/mol. The van der Waals surface area contributed by atoms with Gasteiger partial charge in [0.15, 0.2) is 0 Å². The summed E-state index contributed by atoms with van der Waals surface area (Å²) >= 11 is 7.21. The number of hydrogen-bond donors (Lipinski definition) is 0. The van der Waals surface area contributed by atoms with Crippen LogP contribution >= 0.6 is 31.9 Å². The van der Waals surface area contributed by atoms with Gasteiger partial charge in [0.2, 0.25) is 0 Å². The van der Waals surface area contributed by atoms with Crippen LogP contribution in [0.25, 0.3) is 0 Å². The molecule has 1 aliphatic rings. The second-order valence-electron chi connectivity index (χ2n) is 4.74. The van der Waals surface area contributed by atoms with Crippen molar-refractivity contribution in [1.29, 1.82) is 0 Å². The van der Waals surface area contributed by atoms with Gasteiger partial charge in [-0.05, 0) is 24.7 Å². The molecule has 3 heteroatoms. The van der Waals surface area contributed by atoms with Gasteiger partial charge in [0.25, 0.3) is 0 Å². The van der Waals surface area contributed by atoms with E-state index in [1.54, 1.807) is 0 Å². The molecule has 0 amide bonds. The number of hydrogen-bond acceptors (Lipinski definition) is 1. The first-order chi connectivity index (χ1) is 6.64. The summed E-state index contributed by atoms with van der Waals surface area (Å²) in [6.07, 6.45) is 2.74. The van der Waals surface area contributed by atoms with E-state index >= 15 is 0 Å². The maximum Gasteiger partial charge on any atom is 0.0541 e. The first-order valence-corrected chi connectivity index (χ1v) is 7.58. The Hall–Kier alpha value is 0.920. The van der Waals surface area contributed by atoms with E-state index < -0.39 is 0 Å². The van der Waals surface area contributed by atoms with Crippen molar-refractivity contribution in [3.63, 3.8) is 0 Å². The molecule has 0 aromatic rings. The van der Waals surface area contributed by atoms with Crippen molar-refractivity contribution < 1.29 is 4.74 Å². The third-order valence-corrected chi connectivity index (χ3v) is 5.43. The summed E-state index contributed by atoms with van der Waals surface area (Å²) in [6.45, 7) is 6.37. The lowest BCUT2D eigenvalue weighted by atomic mass is 9.82. The molecule has 1 fully saturated rings. The molecule has 1 saturated carbocycles. The molecule has 1 aliphatic carbocycles. The van der Waals surface area contributed by atoms with Crippen LogP contribution in [0.3, 0.4) is 0 Å². The monoisotopic (exact) mass is 326 g/mol. The van der Waals surface area contributed by atoms with Crippen LogP contribution in [0.1, 0.15) is 26.7 Å². The zero-order valence-electron chi connectivity index (χ0n) is 9.06. The van der Waals surface area contributed by atoms with E-state index in [0.29, 0.717) is 5.92 Å². The quantitative estimate of drug-likeness (QED) is 0.645. The lowest BCUT2D eigenvalue weighted by Gasteiger charge is -2.34. The van der Waals surface area contributed by atoms with Crippen molar-refractivity contribution in [1.82, 2.24) is 0 Å². The van der Waals surface area contributed by atoms with E-state index in [1.165, 1.54) is 12.8 Å². The topological polar surface area (TPSA) is 9.23 Å². The van der Waals surface area contributed by atoms with E-state index in [4.69, 9.17) is 4.74 Å². The van der Waals surface area contributed by atoms with Crippen molar-refractivity contribution >= 4 is 31.9 Å². The van der Waals surface area contributed by atoms with Crippen LogP contribution in [-0.2, 0) is 4.74 Å². The van der Waals surface area contributed by atoms with Crippen molar-refractivity contribution in [2.75, 3.05) is 23.9 Å². The maximum atomic E-state index is 5.81. The average Bonchev–Trinajstić information content (AvgIpc) is 2.96. The Morgan fingerprint density at radius 3 is 2.21 bits per heavy atom. The molecule has 1 nitrogen and oxygen atoms in total. The fourth-order valence-corrected chi connectivity index (χ4v) is 3.85. The lowest BCUT2D eigenvalue weighted by Crippen LogP contribution is -2.36. The Morgan fingerprint density at radius 2 is 1.86 bits per heavy atom. The number of halogens is 2. The van der Waals surface area contributed by atoms with E-state index in [9.17, 15) is 0 Å². The van der Waals surface area contributed by atoms with Gasteiger partial charge in [0.1, 0.15) is 0 Å². The molecular formula is C11H20Br2O. The molecule has 0 heterocycles. The smallest absolute Gasteiger partial charge is 0.0541 e. The molecule has 0 aromatic carbocycles. The summed E-state index contributed by atoms with van der Waals surface area (Å²) in [5.41, 5.74) is 0.259. The van der Waals surface area contributed by atoms with Crippen LogP contribution < -0.4 is 0 Å². The van der Waals surface area contributed by atoms with Crippen molar-refractivity contribution in [3.8, 4) is 0 Å². The van der Waals surface area contributed by atoms with E-state index in [0.717, 1.165) is 29.8 Å². The Labute approximate surface area is 104 Å². The van der Waals surface area contributed by atoms with E-state index in [2.05, 4.69) is 45.7 Å². The molecule has 0 N–H and O–H groups in total. The summed E-state index contributed by atoms with van der Waals surface area (Å²) in [4.78, 5) is 0. The Kier molecular flexibility index (Phi) is 5.43. The Morgan fingerprint density at radius 1 is 1.29 bits per heavy atom. The molecule has 14 heavy (non-hydrogen) atoms. The molecule has 0 aromatic heterocycles. The molecule has 0 aliphatic heterocycles. The first-order valence-electron chi connectivity index (χ1n) is 5.34. The lowest BCUT2D eigenvalue weighted by molar-refractivity contribution is 0.0390. The first kappa shape index (κ1) is 13.0. The van der Waals surface area contributed by atoms with Gasteiger partial charge in [-0.25, -0.2) is 0 Å². The van der Waals surface area contributed by atoms with Crippen LogP contribution in [0.2, 0.25) is 0 Å². The summed E-state index contributed by atoms with van der Waals surface area (Å²) in [6, 6.07) is 0. The largest absolute Gasteiger partial charge is 0.381 e. The van der Waals surface area contributed by atoms with Crippen molar-refractivity contribution in [3.05, 3.63) is 0 Å². The number of alkyl halides is 2. The third-order valence-electron chi connectivity index (χ3n) is 3.20. The fraction of sp³-hybridized carbons (Fsp3) is 1.00. The molecule has 84 valence electrons. The van der Waals surface area contributed by atoms with Gasteiger partial charge in [-0.2, -0.15) is 0 Å². The molecule has 0 atom stereocenters. The fourth-order valence-electron chi connectivity index (χ4n) is 1.30. The van der Waals surface area contributed by atoms with Crippen LogP contribution in [0, 0.1) is 17.3 Å². The van der Waals surface area contributed by atoms with Crippen LogP contribution in [0.5, 0.6) is 0 Å². The highest BCUT2D eigenvalue weighted by atomic mass is 79.9. The predicted octanol–water partition coefficient (Wildman–Crippen LogP) is 3.85. The molecule has 0 radical (unpaired) electrons. The van der Waals surface area contributed by atoms with Crippen molar-refractivity contribution in [2.24, 2.45) is 17.3 Å². The second kappa shape index (κ2) is 5.86. The van der Waals surface area contributed by atoms with Gasteiger partial charge in [-0.3, -0.25) is 0 Å². The summed E-state index contributed by atoms with van der Waals surface area (Å²) in [5, 5.41) is 2.02. The maximum absolute atomic E-state index is 5.81. The molecule has 0 spiro atoms. The summed E-state index contributed by atoms with van der Waals surface area (Å²) in [5.74, 6) is 1.51. The van der Waals surface area contributed by atoms with Gasteiger partial charge >= 0.3 is 0 Å². The minimum Gasteiger partial charge on any atom is -0.381 e. The zero-order valence-corrected chi connectivity index (χ0v) is 12.2. The van der Waals surface area contributed by atoms with Gasteiger partial charge < -0.3 is 4.74 Å². The van der Waals surface area contributed by atoms with Gasteiger partial charge in [-0.15, -0.1) is 0 Å². The van der Waals surface area contributed by atoms with Crippen LogP contribution in [0.4, 0.5) is 0 Å². The number of rotatable bonds is 7. The highest BCUT2D eigenvalue weighted by Gasteiger charge is 2.33. The third kappa shape index (κ3) is 3.49. The molecule has 0 unspecified atom stereocenters. The van der Waals surface area contributed by atoms with Crippen LogP contribution in [-0.4, -0.2) is 23.9 Å². The standard InChI is InChI=1S/C11H20Br2O/c1-9(2)11(6-12,7-13)8-14-5-10-3-4-10/h9-10H,3-8H2,1-2H3. The number of ether oxygens (including phenoxy) is 1. The highest BCUT2D eigenvalue weighted by molar-refractivity contribution is 9.09. The van der Waals surface area contributed by atoms with E-state index in [1.807, 2.05) is 0 Å². The summed E-state index contributed by atoms with van der Waals surface area (Å²) in [7, 11) is 0. The van der Waals surface area contributed by atoms with Gasteiger partial charge in [0.05, 0.1) is 6.61 Å². The minimum absolute atomic E-state index is 0.259. The van der Waals surface area contributed by atoms with Gasteiger partial charge in [-0.1, -0.05) is 45.7 Å². The minimum atomic E-state index is 0.259. The molecular weight excluding hydrogens is 308 g/mol. The summed E-state index contributed by atoms with van der Waals surface area (Å²) < 4.78 is 5.81.